The summed E-state index contributed by atoms with van der Waals surface area (Å²) in [5, 5.41) is 0. The zero-order chi connectivity index (χ0) is 14.9. The summed E-state index contributed by atoms with van der Waals surface area (Å²) in [7, 11) is 0. The number of hydrogen-bond acceptors (Lipinski definition) is 2. The first-order valence-electron chi connectivity index (χ1n) is 8.27. The number of nitrogens with zero attached hydrogens (tertiary/aromatic N) is 3. The molecule has 0 aromatic rings. The van der Waals surface area contributed by atoms with Gasteiger partial charge in [-0.25, -0.2) is 4.79 Å². The molecule has 0 aliphatic carbocycles. The number of amides is 2. The lowest BCUT2D eigenvalue weighted by molar-refractivity contribution is 0.153. The maximum atomic E-state index is 12.5. The SMILES string of the molecule is CCN1C(=O)N(CC2CCCN2C(C)C)CC1C(C)C. The van der Waals surface area contributed by atoms with E-state index in [9.17, 15) is 4.79 Å². The molecule has 2 atom stereocenters. The van der Waals surface area contributed by atoms with Gasteiger partial charge in [0.15, 0.2) is 0 Å². The van der Waals surface area contributed by atoms with Gasteiger partial charge in [0.25, 0.3) is 0 Å². The highest BCUT2D eigenvalue weighted by Gasteiger charge is 2.40. The second-order valence-electron chi connectivity index (χ2n) is 6.91. The Morgan fingerprint density at radius 1 is 1.25 bits per heavy atom. The van der Waals surface area contributed by atoms with E-state index in [0.717, 1.165) is 19.6 Å². The normalized spacial score (nSPS) is 28.4. The van der Waals surface area contributed by atoms with Gasteiger partial charge in [-0.3, -0.25) is 4.90 Å². The van der Waals surface area contributed by atoms with E-state index < -0.39 is 0 Å². The van der Waals surface area contributed by atoms with E-state index in [2.05, 4.69) is 49.3 Å². The summed E-state index contributed by atoms with van der Waals surface area (Å²) in [6, 6.07) is 1.79. The fraction of sp³-hybridized carbons (Fsp3) is 0.938. The molecule has 2 saturated heterocycles. The van der Waals surface area contributed by atoms with Crippen LogP contribution >= 0.6 is 0 Å². The van der Waals surface area contributed by atoms with Crippen LogP contribution in [0.4, 0.5) is 4.79 Å². The van der Waals surface area contributed by atoms with Crippen molar-refractivity contribution < 1.29 is 4.79 Å². The topological polar surface area (TPSA) is 26.8 Å². The summed E-state index contributed by atoms with van der Waals surface area (Å²) >= 11 is 0. The smallest absolute Gasteiger partial charge is 0.320 e. The van der Waals surface area contributed by atoms with E-state index in [0.29, 0.717) is 24.0 Å². The van der Waals surface area contributed by atoms with Gasteiger partial charge < -0.3 is 9.80 Å². The van der Waals surface area contributed by atoms with E-state index in [4.69, 9.17) is 0 Å². The lowest BCUT2D eigenvalue weighted by Crippen LogP contribution is -2.44. The van der Waals surface area contributed by atoms with E-state index in [1.54, 1.807) is 0 Å². The maximum absolute atomic E-state index is 12.5. The highest BCUT2D eigenvalue weighted by atomic mass is 16.2. The highest BCUT2D eigenvalue weighted by Crippen LogP contribution is 2.26. The van der Waals surface area contributed by atoms with E-state index in [1.807, 2.05) is 0 Å². The molecule has 2 amide bonds. The Morgan fingerprint density at radius 3 is 2.45 bits per heavy atom. The number of hydrogen-bond donors (Lipinski definition) is 0. The van der Waals surface area contributed by atoms with Crippen molar-refractivity contribution in [3.63, 3.8) is 0 Å². The summed E-state index contributed by atoms with van der Waals surface area (Å²) in [4.78, 5) is 19.3. The molecule has 2 aliphatic heterocycles. The Morgan fingerprint density at radius 2 is 1.95 bits per heavy atom. The van der Waals surface area contributed by atoms with Gasteiger partial charge in [-0.15, -0.1) is 0 Å². The molecule has 0 radical (unpaired) electrons. The van der Waals surface area contributed by atoms with Crippen molar-refractivity contribution in [2.24, 2.45) is 5.92 Å². The minimum absolute atomic E-state index is 0.252. The monoisotopic (exact) mass is 281 g/mol. The third-order valence-electron chi connectivity index (χ3n) is 4.95. The van der Waals surface area contributed by atoms with Gasteiger partial charge in [0.05, 0.1) is 6.04 Å². The van der Waals surface area contributed by atoms with E-state index in [1.165, 1.54) is 19.4 Å². The number of rotatable bonds is 5. The van der Waals surface area contributed by atoms with Crippen molar-refractivity contribution in [3.8, 4) is 0 Å². The zero-order valence-electron chi connectivity index (χ0n) is 13.8. The first kappa shape index (κ1) is 15.6. The Kier molecular flexibility index (Phi) is 4.95. The van der Waals surface area contributed by atoms with Crippen molar-refractivity contribution in [2.45, 2.75) is 65.6 Å². The number of carbonyl (C=O) groups excluding carboxylic acids is 1. The van der Waals surface area contributed by atoms with Crippen LogP contribution in [0.5, 0.6) is 0 Å². The van der Waals surface area contributed by atoms with Gasteiger partial charge >= 0.3 is 6.03 Å². The molecule has 20 heavy (non-hydrogen) atoms. The minimum atomic E-state index is 0.252. The van der Waals surface area contributed by atoms with Gasteiger partial charge in [0.2, 0.25) is 0 Å². The largest absolute Gasteiger partial charge is 0.321 e. The summed E-state index contributed by atoms with van der Waals surface area (Å²) in [6.45, 7) is 14.9. The second-order valence-corrected chi connectivity index (χ2v) is 6.91. The van der Waals surface area contributed by atoms with Crippen LogP contribution in [0.15, 0.2) is 0 Å². The minimum Gasteiger partial charge on any atom is -0.321 e. The van der Waals surface area contributed by atoms with Gasteiger partial charge in [-0.2, -0.15) is 0 Å². The number of urea groups is 1. The van der Waals surface area contributed by atoms with Crippen molar-refractivity contribution in [1.29, 1.82) is 0 Å². The Balaban J connectivity index is 2.01. The number of likely N-dealkylation sites (N-methyl/N-ethyl adjacent to an activating group) is 1. The number of likely N-dealkylation sites (tertiary alicyclic amines) is 1. The van der Waals surface area contributed by atoms with E-state index in [-0.39, 0.29) is 6.03 Å². The van der Waals surface area contributed by atoms with Gasteiger partial charge in [0.1, 0.15) is 0 Å². The summed E-state index contributed by atoms with van der Waals surface area (Å²) in [5.41, 5.74) is 0. The lowest BCUT2D eigenvalue weighted by atomic mass is 10.0. The van der Waals surface area contributed by atoms with Crippen LogP contribution in [-0.2, 0) is 0 Å². The van der Waals surface area contributed by atoms with Crippen molar-refractivity contribution >= 4 is 6.03 Å². The maximum Gasteiger partial charge on any atom is 0.320 e. The predicted molar refractivity (Wildman–Crippen MR) is 82.8 cm³/mol. The Bertz CT molecular complexity index is 343. The molecule has 0 spiro atoms. The molecule has 0 N–H and O–H groups in total. The quantitative estimate of drug-likeness (QED) is 0.774. The average Bonchev–Trinajstić information content (AvgIpc) is 2.95. The van der Waals surface area contributed by atoms with Crippen LogP contribution in [0, 0.1) is 5.92 Å². The van der Waals surface area contributed by atoms with Crippen LogP contribution < -0.4 is 0 Å². The van der Waals surface area contributed by atoms with Crippen LogP contribution in [-0.4, -0.2) is 65.0 Å². The molecule has 2 fully saturated rings. The fourth-order valence-corrected chi connectivity index (χ4v) is 3.81. The molecular weight excluding hydrogens is 250 g/mol. The summed E-state index contributed by atoms with van der Waals surface area (Å²) in [6.07, 6.45) is 2.51. The average molecular weight is 281 g/mol. The molecule has 0 saturated carbocycles. The van der Waals surface area contributed by atoms with Crippen LogP contribution in [0.25, 0.3) is 0 Å². The van der Waals surface area contributed by atoms with Crippen molar-refractivity contribution in [2.75, 3.05) is 26.2 Å². The van der Waals surface area contributed by atoms with Crippen LogP contribution in [0.3, 0.4) is 0 Å². The standard InChI is InChI=1S/C16H31N3O/c1-6-18-15(12(2)3)11-17(16(18)20)10-14-8-7-9-19(14)13(4)5/h12-15H,6-11H2,1-5H3. The molecule has 0 aromatic carbocycles. The van der Waals surface area contributed by atoms with Gasteiger partial charge in [0, 0.05) is 31.7 Å². The van der Waals surface area contributed by atoms with Crippen LogP contribution in [0.2, 0.25) is 0 Å². The molecule has 4 nitrogen and oxygen atoms in total. The molecule has 2 rings (SSSR count). The Labute approximate surface area is 124 Å². The highest BCUT2D eigenvalue weighted by molar-refractivity contribution is 5.77. The molecule has 2 unspecified atom stereocenters. The summed E-state index contributed by atoms with van der Waals surface area (Å²) in [5.74, 6) is 0.536. The third kappa shape index (κ3) is 2.95. The first-order chi connectivity index (χ1) is 9.45. The molecular formula is C16H31N3O. The molecule has 0 aromatic heterocycles. The molecule has 2 aliphatic rings. The Hall–Kier alpha value is -0.770. The molecule has 2 heterocycles. The lowest BCUT2D eigenvalue weighted by Gasteiger charge is -2.31. The third-order valence-corrected chi connectivity index (χ3v) is 4.95. The van der Waals surface area contributed by atoms with Crippen molar-refractivity contribution in [1.82, 2.24) is 14.7 Å². The summed E-state index contributed by atoms with van der Waals surface area (Å²) < 4.78 is 0. The van der Waals surface area contributed by atoms with Crippen molar-refractivity contribution in [3.05, 3.63) is 0 Å². The second kappa shape index (κ2) is 6.33. The van der Waals surface area contributed by atoms with Gasteiger partial charge in [-0.1, -0.05) is 13.8 Å². The van der Waals surface area contributed by atoms with E-state index >= 15 is 0 Å². The number of carbonyl (C=O) groups is 1. The van der Waals surface area contributed by atoms with Gasteiger partial charge in [-0.05, 0) is 46.1 Å². The zero-order valence-corrected chi connectivity index (χ0v) is 13.8. The fourth-order valence-electron chi connectivity index (χ4n) is 3.81. The first-order valence-corrected chi connectivity index (χ1v) is 8.27. The predicted octanol–water partition coefficient (Wildman–Crippen LogP) is 2.64. The molecule has 4 heteroatoms. The van der Waals surface area contributed by atoms with Crippen LogP contribution in [0.1, 0.15) is 47.5 Å². The molecule has 0 bridgehead atoms. The molecule has 116 valence electrons.